The number of esters is 1. The molecule has 0 spiro atoms. The Bertz CT molecular complexity index is 808. The number of ether oxygens (including phenoxy) is 3. The Balaban J connectivity index is 1.70. The van der Waals surface area contributed by atoms with E-state index in [1.54, 1.807) is 7.11 Å². The summed E-state index contributed by atoms with van der Waals surface area (Å²) in [5, 5.41) is 2.72. The second-order valence-corrected chi connectivity index (χ2v) is 6.59. The lowest BCUT2D eigenvalue weighted by Gasteiger charge is -2.13. The van der Waals surface area contributed by atoms with Gasteiger partial charge in [0.2, 0.25) is 0 Å². The highest BCUT2D eigenvalue weighted by Gasteiger charge is 2.11. The number of rotatable bonds is 9. The maximum Gasteiger partial charge on any atom is 0.344 e. The van der Waals surface area contributed by atoms with Crippen LogP contribution in [0.1, 0.15) is 22.3 Å². The minimum Gasteiger partial charge on any atom is -0.496 e. The van der Waals surface area contributed by atoms with Gasteiger partial charge < -0.3 is 19.5 Å². The summed E-state index contributed by atoms with van der Waals surface area (Å²) < 4.78 is 15.8. The van der Waals surface area contributed by atoms with Crippen LogP contribution in [0.25, 0.3) is 0 Å². The fourth-order valence-electron chi connectivity index (χ4n) is 3.01. The van der Waals surface area contributed by atoms with E-state index in [0.717, 1.165) is 28.0 Å². The topological polar surface area (TPSA) is 73.9 Å². The van der Waals surface area contributed by atoms with Gasteiger partial charge in [0.1, 0.15) is 11.5 Å². The molecule has 0 bridgehead atoms. The summed E-state index contributed by atoms with van der Waals surface area (Å²) >= 11 is 0. The first kappa shape index (κ1) is 21.3. The van der Waals surface area contributed by atoms with Crippen molar-refractivity contribution in [3.05, 3.63) is 58.7 Å². The fraction of sp³-hybridized carbons (Fsp3) is 0.364. The van der Waals surface area contributed by atoms with E-state index >= 15 is 0 Å². The van der Waals surface area contributed by atoms with E-state index < -0.39 is 5.97 Å². The molecule has 0 unspecified atom stereocenters. The lowest BCUT2D eigenvalue weighted by Crippen LogP contribution is -2.31. The lowest BCUT2D eigenvalue weighted by molar-refractivity contribution is -0.150. The Morgan fingerprint density at radius 2 is 1.68 bits per heavy atom. The van der Waals surface area contributed by atoms with Crippen molar-refractivity contribution in [3.63, 3.8) is 0 Å². The van der Waals surface area contributed by atoms with Crippen LogP contribution in [0.5, 0.6) is 11.5 Å². The zero-order valence-electron chi connectivity index (χ0n) is 16.8. The summed E-state index contributed by atoms with van der Waals surface area (Å²) in [6, 6.07) is 11.6. The van der Waals surface area contributed by atoms with Gasteiger partial charge in [-0.1, -0.05) is 35.9 Å². The molecule has 0 radical (unpaired) electrons. The molecular weight excluding hydrogens is 358 g/mol. The van der Waals surface area contributed by atoms with Crippen LogP contribution in [-0.2, 0) is 20.7 Å². The number of hydrogen-bond donors (Lipinski definition) is 1. The Labute approximate surface area is 165 Å². The SMILES string of the molecule is COc1ccccc1CCNC(=O)COC(=O)COc1c(C)cc(C)cc1C. The number of aryl methyl sites for hydroxylation is 3. The minimum atomic E-state index is -0.584. The predicted molar refractivity (Wildman–Crippen MR) is 107 cm³/mol. The van der Waals surface area contributed by atoms with Gasteiger partial charge in [0.25, 0.3) is 5.91 Å². The van der Waals surface area contributed by atoms with E-state index in [1.165, 1.54) is 0 Å². The Hall–Kier alpha value is -3.02. The summed E-state index contributed by atoms with van der Waals surface area (Å²) in [6.45, 7) is 5.71. The molecule has 2 rings (SSSR count). The van der Waals surface area contributed by atoms with Gasteiger partial charge in [0.05, 0.1) is 7.11 Å². The molecule has 1 N–H and O–H groups in total. The molecule has 150 valence electrons. The van der Waals surface area contributed by atoms with Crippen LogP contribution in [0, 0.1) is 20.8 Å². The highest BCUT2D eigenvalue weighted by atomic mass is 16.6. The molecule has 28 heavy (non-hydrogen) atoms. The van der Waals surface area contributed by atoms with Crippen LogP contribution in [-0.4, -0.2) is 38.7 Å². The van der Waals surface area contributed by atoms with Gasteiger partial charge in [-0.3, -0.25) is 4.79 Å². The van der Waals surface area contributed by atoms with Crippen LogP contribution < -0.4 is 14.8 Å². The Morgan fingerprint density at radius 3 is 2.36 bits per heavy atom. The first-order valence-electron chi connectivity index (χ1n) is 9.15. The highest BCUT2D eigenvalue weighted by molar-refractivity contribution is 5.80. The van der Waals surface area contributed by atoms with E-state index in [0.29, 0.717) is 18.7 Å². The van der Waals surface area contributed by atoms with Crippen LogP contribution in [0.15, 0.2) is 36.4 Å². The summed E-state index contributed by atoms with van der Waals surface area (Å²) in [4.78, 5) is 23.7. The lowest BCUT2D eigenvalue weighted by atomic mass is 10.1. The first-order valence-corrected chi connectivity index (χ1v) is 9.15. The monoisotopic (exact) mass is 385 g/mol. The molecule has 0 heterocycles. The van der Waals surface area contributed by atoms with E-state index in [4.69, 9.17) is 14.2 Å². The number of carbonyl (C=O) groups is 2. The molecule has 2 aromatic rings. The van der Waals surface area contributed by atoms with Gasteiger partial charge in [-0.05, 0) is 49.9 Å². The molecular formula is C22H27NO5. The molecule has 0 aromatic heterocycles. The van der Waals surface area contributed by atoms with Crippen LogP contribution >= 0.6 is 0 Å². The van der Waals surface area contributed by atoms with E-state index in [-0.39, 0.29) is 19.1 Å². The van der Waals surface area contributed by atoms with Crippen molar-refractivity contribution >= 4 is 11.9 Å². The predicted octanol–water partition coefficient (Wildman–Crippen LogP) is 2.90. The number of para-hydroxylation sites is 1. The molecule has 2 aromatic carbocycles. The zero-order chi connectivity index (χ0) is 20.5. The second-order valence-electron chi connectivity index (χ2n) is 6.59. The summed E-state index contributed by atoms with van der Waals surface area (Å²) in [6.07, 6.45) is 0.624. The second kappa shape index (κ2) is 10.3. The number of amides is 1. The summed E-state index contributed by atoms with van der Waals surface area (Å²) in [5.74, 6) is 0.510. The normalized spacial score (nSPS) is 10.3. The zero-order valence-corrected chi connectivity index (χ0v) is 16.8. The molecule has 0 fully saturated rings. The first-order chi connectivity index (χ1) is 13.4. The number of hydrogen-bond acceptors (Lipinski definition) is 5. The van der Waals surface area contributed by atoms with Gasteiger partial charge in [-0.15, -0.1) is 0 Å². The van der Waals surface area contributed by atoms with Crippen molar-refractivity contribution in [1.29, 1.82) is 0 Å². The smallest absolute Gasteiger partial charge is 0.344 e. The van der Waals surface area contributed by atoms with Gasteiger partial charge in [0, 0.05) is 6.54 Å². The van der Waals surface area contributed by atoms with E-state index in [2.05, 4.69) is 5.32 Å². The van der Waals surface area contributed by atoms with Crippen molar-refractivity contribution in [2.24, 2.45) is 0 Å². The molecule has 0 aliphatic rings. The molecule has 1 amide bonds. The third-order valence-corrected chi connectivity index (χ3v) is 4.21. The van der Waals surface area contributed by atoms with Crippen molar-refractivity contribution in [3.8, 4) is 11.5 Å². The maximum absolute atomic E-state index is 11.9. The Kier molecular flexibility index (Phi) is 7.87. The summed E-state index contributed by atoms with van der Waals surface area (Å²) in [7, 11) is 1.61. The van der Waals surface area contributed by atoms with Crippen molar-refractivity contribution in [2.75, 3.05) is 26.9 Å². The summed E-state index contributed by atoms with van der Waals surface area (Å²) in [5.41, 5.74) is 4.05. The Morgan fingerprint density at radius 1 is 1.00 bits per heavy atom. The largest absolute Gasteiger partial charge is 0.496 e. The molecule has 0 aliphatic carbocycles. The fourth-order valence-corrected chi connectivity index (χ4v) is 3.01. The third-order valence-electron chi connectivity index (χ3n) is 4.21. The minimum absolute atomic E-state index is 0.237. The number of nitrogens with one attached hydrogen (secondary N) is 1. The highest BCUT2D eigenvalue weighted by Crippen LogP contribution is 2.24. The molecule has 0 saturated carbocycles. The van der Waals surface area contributed by atoms with Crippen LogP contribution in [0.3, 0.4) is 0 Å². The quantitative estimate of drug-likeness (QED) is 0.672. The molecule has 6 heteroatoms. The van der Waals surface area contributed by atoms with Crippen LogP contribution in [0.4, 0.5) is 0 Å². The van der Waals surface area contributed by atoms with Gasteiger partial charge >= 0.3 is 5.97 Å². The van der Waals surface area contributed by atoms with E-state index in [1.807, 2.05) is 57.2 Å². The van der Waals surface area contributed by atoms with Crippen LogP contribution in [0.2, 0.25) is 0 Å². The standard InChI is InChI=1S/C22H27NO5/c1-15-11-16(2)22(17(3)12-15)28-14-21(25)27-13-20(24)23-10-9-18-7-5-6-8-19(18)26-4/h5-8,11-12H,9-10,13-14H2,1-4H3,(H,23,24). The number of carbonyl (C=O) groups excluding carboxylic acids is 2. The third kappa shape index (κ3) is 6.30. The molecule has 0 saturated heterocycles. The average molecular weight is 385 g/mol. The average Bonchev–Trinajstić information content (AvgIpc) is 2.66. The number of methoxy groups -OCH3 is 1. The van der Waals surface area contributed by atoms with E-state index in [9.17, 15) is 9.59 Å². The molecule has 0 atom stereocenters. The van der Waals surface area contributed by atoms with Gasteiger partial charge in [0.15, 0.2) is 13.2 Å². The molecule has 0 aliphatic heterocycles. The number of benzene rings is 2. The van der Waals surface area contributed by atoms with Crippen molar-refractivity contribution in [1.82, 2.24) is 5.32 Å². The van der Waals surface area contributed by atoms with Gasteiger partial charge in [-0.25, -0.2) is 4.79 Å². The van der Waals surface area contributed by atoms with Gasteiger partial charge in [-0.2, -0.15) is 0 Å². The maximum atomic E-state index is 11.9. The van der Waals surface area contributed by atoms with Crippen molar-refractivity contribution in [2.45, 2.75) is 27.2 Å². The van der Waals surface area contributed by atoms with Crippen molar-refractivity contribution < 1.29 is 23.8 Å². The molecule has 6 nitrogen and oxygen atoms in total.